The number of anilines is 1. The van der Waals surface area contributed by atoms with Gasteiger partial charge in [0, 0.05) is 12.6 Å². The standard InChI is InChI=1S/C14H21BrN2O/c1-2-3-4-5-6-7-10-13(18)17-14-12(15)9-8-11-16-14/h8-9,11H,2-7,10H2,1H3,(H,16,17,18). The van der Waals surface area contributed by atoms with Gasteiger partial charge >= 0.3 is 0 Å². The van der Waals surface area contributed by atoms with Crippen LogP contribution < -0.4 is 5.32 Å². The number of hydrogen-bond acceptors (Lipinski definition) is 2. The van der Waals surface area contributed by atoms with Gasteiger partial charge in [-0.3, -0.25) is 4.79 Å². The minimum Gasteiger partial charge on any atom is -0.310 e. The molecule has 0 fully saturated rings. The van der Waals surface area contributed by atoms with Crippen molar-refractivity contribution in [1.29, 1.82) is 0 Å². The summed E-state index contributed by atoms with van der Waals surface area (Å²) in [7, 11) is 0. The van der Waals surface area contributed by atoms with Crippen LogP contribution in [0.5, 0.6) is 0 Å². The monoisotopic (exact) mass is 312 g/mol. The van der Waals surface area contributed by atoms with Crippen molar-refractivity contribution in [3.63, 3.8) is 0 Å². The van der Waals surface area contributed by atoms with E-state index >= 15 is 0 Å². The van der Waals surface area contributed by atoms with Crippen LogP contribution in [0.25, 0.3) is 0 Å². The average Bonchev–Trinajstić information content (AvgIpc) is 2.36. The Labute approximate surface area is 118 Å². The predicted octanol–water partition coefficient (Wildman–Crippen LogP) is 4.53. The fourth-order valence-electron chi connectivity index (χ4n) is 1.74. The number of amides is 1. The molecular formula is C14H21BrN2O. The fraction of sp³-hybridized carbons (Fsp3) is 0.571. The molecule has 0 aliphatic carbocycles. The van der Waals surface area contributed by atoms with Crippen LogP contribution in [0.4, 0.5) is 5.82 Å². The molecule has 3 nitrogen and oxygen atoms in total. The van der Waals surface area contributed by atoms with E-state index in [1.54, 1.807) is 6.20 Å². The highest BCUT2D eigenvalue weighted by atomic mass is 79.9. The van der Waals surface area contributed by atoms with Crippen LogP contribution in [-0.2, 0) is 4.79 Å². The summed E-state index contributed by atoms with van der Waals surface area (Å²) in [5.41, 5.74) is 0. The van der Waals surface area contributed by atoms with Crippen molar-refractivity contribution in [3.05, 3.63) is 22.8 Å². The molecule has 0 saturated carbocycles. The average molecular weight is 313 g/mol. The number of nitrogens with zero attached hydrogens (tertiary/aromatic N) is 1. The van der Waals surface area contributed by atoms with E-state index in [2.05, 4.69) is 33.2 Å². The molecule has 1 rings (SSSR count). The summed E-state index contributed by atoms with van der Waals surface area (Å²) in [4.78, 5) is 15.8. The number of halogens is 1. The molecule has 1 amide bonds. The Bertz CT molecular complexity index is 369. The van der Waals surface area contributed by atoms with Crippen LogP contribution in [0.1, 0.15) is 51.9 Å². The van der Waals surface area contributed by atoms with Crippen molar-refractivity contribution in [2.75, 3.05) is 5.32 Å². The van der Waals surface area contributed by atoms with Crippen molar-refractivity contribution >= 4 is 27.7 Å². The number of carbonyl (C=O) groups is 1. The van der Waals surface area contributed by atoms with Crippen molar-refractivity contribution in [2.24, 2.45) is 0 Å². The van der Waals surface area contributed by atoms with Crippen LogP contribution in [-0.4, -0.2) is 10.9 Å². The van der Waals surface area contributed by atoms with E-state index in [-0.39, 0.29) is 5.91 Å². The van der Waals surface area contributed by atoms with Gasteiger partial charge in [-0.05, 0) is 34.5 Å². The molecule has 0 atom stereocenters. The number of carbonyl (C=O) groups excluding carboxylic acids is 1. The molecule has 0 radical (unpaired) electrons. The zero-order valence-corrected chi connectivity index (χ0v) is 12.5. The first-order chi connectivity index (χ1) is 8.74. The van der Waals surface area contributed by atoms with Crippen LogP contribution in [0.2, 0.25) is 0 Å². The number of unbranched alkanes of at least 4 members (excludes halogenated alkanes) is 5. The second-order valence-electron chi connectivity index (χ2n) is 4.40. The first kappa shape index (κ1) is 15.2. The highest BCUT2D eigenvalue weighted by Crippen LogP contribution is 2.18. The molecular weight excluding hydrogens is 292 g/mol. The van der Waals surface area contributed by atoms with E-state index in [0.717, 1.165) is 17.3 Å². The SMILES string of the molecule is CCCCCCCCC(=O)Nc1ncccc1Br. The van der Waals surface area contributed by atoms with Gasteiger partial charge in [-0.25, -0.2) is 4.98 Å². The molecule has 0 aliphatic heterocycles. The number of rotatable bonds is 8. The summed E-state index contributed by atoms with van der Waals surface area (Å²) in [6.45, 7) is 2.21. The molecule has 1 aromatic heterocycles. The molecule has 0 aliphatic rings. The van der Waals surface area contributed by atoms with E-state index in [1.165, 1.54) is 25.7 Å². The summed E-state index contributed by atoms with van der Waals surface area (Å²) in [6, 6.07) is 3.70. The van der Waals surface area contributed by atoms with Gasteiger partial charge in [0.25, 0.3) is 0 Å². The molecule has 0 aromatic carbocycles. The second-order valence-corrected chi connectivity index (χ2v) is 5.25. The lowest BCUT2D eigenvalue weighted by molar-refractivity contribution is -0.116. The quantitative estimate of drug-likeness (QED) is 0.716. The number of nitrogens with one attached hydrogen (secondary N) is 1. The second kappa shape index (κ2) is 9.09. The van der Waals surface area contributed by atoms with Crippen LogP contribution in [0, 0.1) is 0 Å². The predicted molar refractivity (Wildman–Crippen MR) is 78.6 cm³/mol. The summed E-state index contributed by atoms with van der Waals surface area (Å²) >= 11 is 3.36. The third-order valence-electron chi connectivity index (χ3n) is 2.77. The third-order valence-corrected chi connectivity index (χ3v) is 3.41. The lowest BCUT2D eigenvalue weighted by Gasteiger charge is -2.05. The molecule has 100 valence electrons. The Morgan fingerprint density at radius 1 is 1.28 bits per heavy atom. The van der Waals surface area contributed by atoms with Crippen molar-refractivity contribution in [2.45, 2.75) is 51.9 Å². The zero-order valence-electron chi connectivity index (χ0n) is 10.9. The van der Waals surface area contributed by atoms with Gasteiger partial charge in [0.05, 0.1) is 4.47 Å². The largest absolute Gasteiger partial charge is 0.310 e. The van der Waals surface area contributed by atoms with E-state index in [0.29, 0.717) is 12.2 Å². The Morgan fingerprint density at radius 3 is 2.72 bits per heavy atom. The summed E-state index contributed by atoms with van der Waals surface area (Å²) in [5, 5.41) is 2.82. The number of aromatic nitrogens is 1. The van der Waals surface area contributed by atoms with Crippen molar-refractivity contribution in [1.82, 2.24) is 4.98 Å². The molecule has 1 N–H and O–H groups in total. The van der Waals surface area contributed by atoms with E-state index in [1.807, 2.05) is 12.1 Å². The summed E-state index contributed by atoms with van der Waals surface area (Å²) in [6.07, 6.45) is 9.41. The molecule has 18 heavy (non-hydrogen) atoms. The molecule has 0 unspecified atom stereocenters. The minimum atomic E-state index is 0.0462. The van der Waals surface area contributed by atoms with Gasteiger partial charge in [0.1, 0.15) is 5.82 Å². The van der Waals surface area contributed by atoms with E-state index in [9.17, 15) is 4.79 Å². The first-order valence-corrected chi connectivity index (χ1v) is 7.43. The topological polar surface area (TPSA) is 42.0 Å². The van der Waals surface area contributed by atoms with E-state index in [4.69, 9.17) is 0 Å². The van der Waals surface area contributed by atoms with Gasteiger partial charge in [-0.1, -0.05) is 39.0 Å². The normalized spacial score (nSPS) is 10.3. The maximum absolute atomic E-state index is 11.7. The van der Waals surface area contributed by atoms with Crippen LogP contribution in [0.3, 0.4) is 0 Å². The smallest absolute Gasteiger partial charge is 0.225 e. The Balaban J connectivity index is 2.16. The molecule has 1 aromatic rings. The Kier molecular flexibility index (Phi) is 7.65. The van der Waals surface area contributed by atoms with Crippen molar-refractivity contribution < 1.29 is 4.79 Å². The maximum atomic E-state index is 11.7. The molecule has 0 bridgehead atoms. The van der Waals surface area contributed by atoms with Crippen LogP contribution in [0.15, 0.2) is 22.8 Å². The molecule has 0 spiro atoms. The molecule has 1 heterocycles. The number of hydrogen-bond donors (Lipinski definition) is 1. The minimum absolute atomic E-state index is 0.0462. The fourth-order valence-corrected chi connectivity index (χ4v) is 2.09. The van der Waals surface area contributed by atoms with Gasteiger partial charge in [0.2, 0.25) is 5.91 Å². The summed E-state index contributed by atoms with van der Waals surface area (Å²) < 4.78 is 0.821. The maximum Gasteiger partial charge on any atom is 0.225 e. The van der Waals surface area contributed by atoms with E-state index < -0.39 is 0 Å². The molecule has 4 heteroatoms. The summed E-state index contributed by atoms with van der Waals surface area (Å²) in [5.74, 6) is 0.651. The van der Waals surface area contributed by atoms with Gasteiger partial charge in [0.15, 0.2) is 0 Å². The van der Waals surface area contributed by atoms with Crippen LogP contribution >= 0.6 is 15.9 Å². The third kappa shape index (κ3) is 6.15. The lowest BCUT2D eigenvalue weighted by atomic mass is 10.1. The highest BCUT2D eigenvalue weighted by molar-refractivity contribution is 9.10. The van der Waals surface area contributed by atoms with Crippen molar-refractivity contribution in [3.8, 4) is 0 Å². The highest BCUT2D eigenvalue weighted by Gasteiger charge is 2.05. The van der Waals surface area contributed by atoms with Gasteiger partial charge in [-0.2, -0.15) is 0 Å². The van der Waals surface area contributed by atoms with Gasteiger partial charge < -0.3 is 5.32 Å². The Morgan fingerprint density at radius 2 is 2.00 bits per heavy atom. The molecule has 0 saturated heterocycles. The first-order valence-electron chi connectivity index (χ1n) is 6.64. The zero-order chi connectivity index (χ0) is 13.2. The Hall–Kier alpha value is -0.900. The van der Waals surface area contributed by atoms with Gasteiger partial charge in [-0.15, -0.1) is 0 Å². The number of pyridine rings is 1. The lowest BCUT2D eigenvalue weighted by Crippen LogP contribution is -2.12.